The zero-order valence-corrected chi connectivity index (χ0v) is 17.0. The normalized spacial score (nSPS) is 15.8. The Bertz CT molecular complexity index is 1150. The molecule has 4 rings (SSSR count). The second kappa shape index (κ2) is 8.11. The summed E-state index contributed by atoms with van der Waals surface area (Å²) >= 11 is 0. The van der Waals surface area contributed by atoms with Gasteiger partial charge in [0.1, 0.15) is 6.33 Å². The zero-order valence-electron chi connectivity index (χ0n) is 16.1. The Morgan fingerprint density at radius 1 is 1.13 bits per heavy atom. The molecule has 0 N–H and O–H groups in total. The van der Waals surface area contributed by atoms with Crippen molar-refractivity contribution in [2.75, 3.05) is 37.7 Å². The molecule has 0 bridgehead atoms. The molecular formula is C18H20F2N6O3S. The summed E-state index contributed by atoms with van der Waals surface area (Å²) in [6, 6.07) is 5.40. The number of alkyl halides is 2. The third-order valence-corrected chi connectivity index (χ3v) is 6.78. The lowest BCUT2D eigenvalue weighted by atomic mass is 10.2. The van der Waals surface area contributed by atoms with Gasteiger partial charge in [0.15, 0.2) is 6.61 Å². The summed E-state index contributed by atoms with van der Waals surface area (Å²) in [6.45, 7) is 0.784. The van der Waals surface area contributed by atoms with E-state index >= 15 is 0 Å². The predicted molar refractivity (Wildman–Crippen MR) is 105 cm³/mol. The lowest BCUT2D eigenvalue weighted by Gasteiger charge is -2.35. The number of fused-ring (bicyclic) bond motifs is 1. The number of hydrogen-bond acceptors (Lipinski definition) is 7. The molecule has 0 amide bonds. The minimum atomic E-state index is -3.66. The first-order valence-corrected chi connectivity index (χ1v) is 10.7. The number of anilines is 1. The number of piperazine rings is 1. The second-order valence-corrected chi connectivity index (χ2v) is 8.63. The molecule has 1 aromatic carbocycles. The van der Waals surface area contributed by atoms with E-state index in [0.717, 1.165) is 5.69 Å². The van der Waals surface area contributed by atoms with E-state index in [0.29, 0.717) is 37.1 Å². The summed E-state index contributed by atoms with van der Waals surface area (Å²) in [7, 11) is -2.02. The maximum atomic E-state index is 12.8. The molecule has 0 atom stereocenters. The average molecular weight is 438 g/mol. The highest BCUT2D eigenvalue weighted by atomic mass is 32.2. The first-order chi connectivity index (χ1) is 14.4. The fourth-order valence-corrected chi connectivity index (χ4v) is 4.87. The molecule has 12 heteroatoms. The Hall–Kier alpha value is -2.86. The minimum absolute atomic E-state index is 0.0135. The number of sulfonamides is 1. The van der Waals surface area contributed by atoms with E-state index in [2.05, 4.69) is 15.0 Å². The van der Waals surface area contributed by atoms with Gasteiger partial charge in [-0.05, 0) is 18.2 Å². The van der Waals surface area contributed by atoms with Crippen molar-refractivity contribution < 1.29 is 21.9 Å². The highest BCUT2D eigenvalue weighted by Gasteiger charge is 2.31. The van der Waals surface area contributed by atoms with E-state index in [9.17, 15) is 17.2 Å². The molecular weight excluding hydrogens is 418 g/mol. The highest BCUT2D eigenvalue weighted by molar-refractivity contribution is 7.89. The molecule has 2 aromatic heterocycles. The van der Waals surface area contributed by atoms with Gasteiger partial charge in [-0.3, -0.25) is 0 Å². The Balaban J connectivity index is 1.52. The van der Waals surface area contributed by atoms with Gasteiger partial charge in [0.05, 0.1) is 10.9 Å². The molecule has 3 aromatic rings. The van der Waals surface area contributed by atoms with Crippen LogP contribution in [0, 0.1) is 0 Å². The van der Waals surface area contributed by atoms with Gasteiger partial charge in [0.25, 0.3) is 16.4 Å². The first-order valence-electron chi connectivity index (χ1n) is 9.24. The monoisotopic (exact) mass is 438 g/mol. The van der Waals surface area contributed by atoms with Crippen LogP contribution in [0.4, 0.5) is 14.5 Å². The average Bonchev–Trinajstić information content (AvgIpc) is 3.18. The number of aryl methyl sites for hydroxylation is 1. The first kappa shape index (κ1) is 20.4. The van der Waals surface area contributed by atoms with E-state index in [-0.39, 0.29) is 11.0 Å². The fourth-order valence-electron chi connectivity index (χ4n) is 3.38. The minimum Gasteiger partial charge on any atom is -0.471 e. The molecule has 1 saturated heterocycles. The van der Waals surface area contributed by atoms with Crippen molar-refractivity contribution in [1.29, 1.82) is 0 Å². The van der Waals surface area contributed by atoms with E-state index in [4.69, 9.17) is 4.74 Å². The molecule has 3 heterocycles. The second-order valence-electron chi connectivity index (χ2n) is 6.79. The van der Waals surface area contributed by atoms with Gasteiger partial charge in [-0.1, -0.05) is 0 Å². The van der Waals surface area contributed by atoms with Crippen molar-refractivity contribution in [1.82, 2.24) is 23.8 Å². The number of halogens is 2. The van der Waals surface area contributed by atoms with Gasteiger partial charge in [-0.25, -0.2) is 32.2 Å². The van der Waals surface area contributed by atoms with Crippen molar-refractivity contribution in [2.24, 2.45) is 7.05 Å². The van der Waals surface area contributed by atoms with Crippen LogP contribution < -0.4 is 9.64 Å². The number of hydrogen-bond donors (Lipinski definition) is 0. The zero-order chi connectivity index (χ0) is 21.3. The van der Waals surface area contributed by atoms with Crippen LogP contribution in [0.25, 0.3) is 10.9 Å². The van der Waals surface area contributed by atoms with E-state index < -0.39 is 23.1 Å². The van der Waals surface area contributed by atoms with Crippen LogP contribution in [0.5, 0.6) is 5.88 Å². The molecule has 0 aliphatic carbocycles. The summed E-state index contributed by atoms with van der Waals surface area (Å²) in [5.74, 6) is 0.0955. The number of benzene rings is 1. The smallest absolute Gasteiger partial charge is 0.277 e. The Morgan fingerprint density at radius 2 is 1.90 bits per heavy atom. The van der Waals surface area contributed by atoms with Crippen LogP contribution in [0.3, 0.4) is 0 Å². The number of ether oxygens (including phenoxy) is 1. The quantitative estimate of drug-likeness (QED) is 0.576. The highest BCUT2D eigenvalue weighted by Crippen LogP contribution is 2.28. The molecule has 9 nitrogen and oxygen atoms in total. The number of nitrogens with zero attached hydrogens (tertiary/aromatic N) is 6. The molecule has 160 valence electrons. The van der Waals surface area contributed by atoms with Crippen molar-refractivity contribution in [2.45, 2.75) is 11.6 Å². The number of rotatable bonds is 6. The largest absolute Gasteiger partial charge is 0.471 e. The topological polar surface area (TPSA) is 93.5 Å². The van der Waals surface area contributed by atoms with Gasteiger partial charge in [0.2, 0.25) is 11.0 Å². The molecule has 1 aliphatic rings. The molecule has 0 saturated carbocycles. The van der Waals surface area contributed by atoms with Crippen LogP contribution in [0.2, 0.25) is 0 Å². The summed E-state index contributed by atoms with van der Waals surface area (Å²) in [4.78, 5) is 14.1. The molecule has 1 fully saturated rings. The van der Waals surface area contributed by atoms with Crippen LogP contribution in [0.1, 0.15) is 0 Å². The number of aromatic nitrogens is 4. The van der Waals surface area contributed by atoms with Crippen molar-refractivity contribution >= 4 is 26.6 Å². The van der Waals surface area contributed by atoms with Crippen LogP contribution in [-0.4, -0.2) is 71.5 Å². The molecule has 0 spiro atoms. The van der Waals surface area contributed by atoms with Gasteiger partial charge >= 0.3 is 0 Å². The van der Waals surface area contributed by atoms with Crippen LogP contribution >= 0.6 is 0 Å². The summed E-state index contributed by atoms with van der Waals surface area (Å²) in [6.07, 6.45) is 1.71. The Morgan fingerprint density at radius 3 is 2.57 bits per heavy atom. The summed E-state index contributed by atoms with van der Waals surface area (Å²) in [5.41, 5.74) is 1.39. The van der Waals surface area contributed by atoms with Crippen molar-refractivity contribution in [3.63, 3.8) is 0 Å². The molecule has 0 radical (unpaired) electrons. The Kier molecular flexibility index (Phi) is 5.52. The van der Waals surface area contributed by atoms with Gasteiger partial charge in [-0.15, -0.1) is 0 Å². The SMILES string of the molecule is Cn1ccnc1S(=O)(=O)N1CCN(c2ccc3ncnc(OCC(F)F)c3c2)CC1. The summed E-state index contributed by atoms with van der Waals surface area (Å²) < 4.78 is 58.6. The lowest BCUT2D eigenvalue weighted by molar-refractivity contribution is 0.0804. The standard InChI is InChI=1S/C18H20F2N6O3S/c1-24-5-4-21-18(24)30(27,28)26-8-6-25(7-9-26)13-2-3-15-14(10-13)17(23-12-22-15)29-11-16(19)20/h2-5,10,12,16H,6-9,11H2,1H3. The summed E-state index contributed by atoms with van der Waals surface area (Å²) in [5, 5.41) is 0.540. The molecule has 1 aliphatic heterocycles. The Labute approximate surface area is 172 Å². The molecule has 0 unspecified atom stereocenters. The van der Waals surface area contributed by atoms with Gasteiger partial charge in [0, 0.05) is 51.3 Å². The van der Waals surface area contributed by atoms with Gasteiger partial charge < -0.3 is 14.2 Å². The van der Waals surface area contributed by atoms with Crippen molar-refractivity contribution in [3.8, 4) is 5.88 Å². The third kappa shape index (κ3) is 3.92. The van der Waals surface area contributed by atoms with Crippen LogP contribution in [-0.2, 0) is 17.1 Å². The number of imidazole rings is 1. The van der Waals surface area contributed by atoms with E-state index in [1.807, 2.05) is 11.0 Å². The predicted octanol–water partition coefficient (Wildman–Crippen LogP) is 1.52. The maximum Gasteiger partial charge on any atom is 0.277 e. The van der Waals surface area contributed by atoms with E-state index in [1.165, 1.54) is 21.4 Å². The molecule has 30 heavy (non-hydrogen) atoms. The van der Waals surface area contributed by atoms with Gasteiger partial charge in [-0.2, -0.15) is 4.31 Å². The fraction of sp³-hybridized carbons (Fsp3) is 0.389. The van der Waals surface area contributed by atoms with Crippen LogP contribution in [0.15, 0.2) is 42.1 Å². The third-order valence-electron chi connectivity index (χ3n) is 4.88. The van der Waals surface area contributed by atoms with E-state index in [1.54, 1.807) is 25.4 Å². The lowest BCUT2D eigenvalue weighted by Crippen LogP contribution is -2.49. The van der Waals surface area contributed by atoms with Crippen molar-refractivity contribution in [3.05, 3.63) is 36.9 Å². The maximum absolute atomic E-state index is 12.8.